The number of rotatable bonds is 5. The van der Waals surface area contributed by atoms with E-state index >= 15 is 0 Å². The van der Waals surface area contributed by atoms with Gasteiger partial charge in [-0.25, -0.2) is 14.5 Å². The predicted molar refractivity (Wildman–Crippen MR) is 104 cm³/mol. The van der Waals surface area contributed by atoms with Gasteiger partial charge in [0.1, 0.15) is 5.70 Å². The molecule has 0 unspecified atom stereocenters. The Morgan fingerprint density at radius 1 is 1.14 bits per heavy atom. The average Bonchev–Trinajstić information content (AvgIpc) is 2.94. The molecule has 2 aromatic carbocycles. The standard InChI is InChI=1S/C19H14Cl2N2O5/c1-27-16(24)10-28-17-13(20)7-11(8-14(17)21)9-15-18(25)23(19(26)22-15)12-5-3-2-4-6-12/h2-9H,10H2,1H3,(H,22,26)/b15-9+. The van der Waals surface area contributed by atoms with E-state index in [0.717, 1.165) is 4.90 Å². The fourth-order valence-electron chi connectivity index (χ4n) is 2.50. The molecule has 0 saturated carbocycles. The number of halogens is 2. The number of nitrogens with zero attached hydrogens (tertiary/aromatic N) is 1. The Labute approximate surface area is 170 Å². The Kier molecular flexibility index (Phi) is 5.87. The van der Waals surface area contributed by atoms with Gasteiger partial charge in [-0.05, 0) is 35.9 Å². The third-order valence-electron chi connectivity index (χ3n) is 3.79. The van der Waals surface area contributed by atoms with Crippen LogP contribution in [0.25, 0.3) is 6.08 Å². The number of para-hydroxylation sites is 1. The van der Waals surface area contributed by atoms with E-state index in [2.05, 4.69) is 10.1 Å². The van der Waals surface area contributed by atoms with Crippen LogP contribution < -0.4 is 15.0 Å². The minimum atomic E-state index is -0.585. The van der Waals surface area contributed by atoms with Crippen molar-refractivity contribution in [1.29, 1.82) is 0 Å². The van der Waals surface area contributed by atoms with E-state index in [1.54, 1.807) is 30.3 Å². The van der Waals surface area contributed by atoms with Crippen LogP contribution in [-0.4, -0.2) is 31.6 Å². The van der Waals surface area contributed by atoms with Crippen LogP contribution in [0.5, 0.6) is 5.75 Å². The maximum absolute atomic E-state index is 12.6. The van der Waals surface area contributed by atoms with Crippen LogP contribution in [0.1, 0.15) is 5.56 Å². The molecule has 144 valence electrons. The van der Waals surface area contributed by atoms with Crippen LogP contribution >= 0.6 is 23.2 Å². The second kappa shape index (κ2) is 8.33. The van der Waals surface area contributed by atoms with Crippen molar-refractivity contribution in [2.45, 2.75) is 0 Å². The van der Waals surface area contributed by atoms with E-state index in [-0.39, 0.29) is 28.1 Å². The number of carbonyl (C=O) groups is 3. The number of carbonyl (C=O) groups excluding carboxylic acids is 3. The zero-order valence-electron chi connectivity index (χ0n) is 14.6. The Balaban J connectivity index is 1.85. The molecular formula is C19H14Cl2N2O5. The second-order valence-corrected chi connectivity index (χ2v) is 6.46. The molecule has 0 radical (unpaired) electrons. The zero-order valence-corrected chi connectivity index (χ0v) is 16.1. The largest absolute Gasteiger partial charge is 0.479 e. The first-order valence-corrected chi connectivity index (χ1v) is 8.77. The van der Waals surface area contributed by atoms with Gasteiger partial charge in [0.05, 0.1) is 22.8 Å². The van der Waals surface area contributed by atoms with Crippen molar-refractivity contribution in [2.24, 2.45) is 0 Å². The van der Waals surface area contributed by atoms with Gasteiger partial charge in [0.25, 0.3) is 5.91 Å². The third kappa shape index (κ3) is 4.11. The van der Waals surface area contributed by atoms with Gasteiger partial charge in [-0.3, -0.25) is 4.79 Å². The number of urea groups is 1. The molecule has 7 nitrogen and oxygen atoms in total. The molecule has 1 heterocycles. The molecule has 1 N–H and O–H groups in total. The summed E-state index contributed by atoms with van der Waals surface area (Å²) in [5.74, 6) is -0.975. The molecule has 3 rings (SSSR count). The lowest BCUT2D eigenvalue weighted by Crippen LogP contribution is -2.30. The minimum Gasteiger partial charge on any atom is -0.479 e. The summed E-state index contributed by atoms with van der Waals surface area (Å²) in [5.41, 5.74) is 0.999. The second-order valence-electron chi connectivity index (χ2n) is 5.64. The smallest absolute Gasteiger partial charge is 0.343 e. The highest BCUT2D eigenvalue weighted by atomic mass is 35.5. The van der Waals surface area contributed by atoms with Gasteiger partial charge in [0.2, 0.25) is 0 Å². The van der Waals surface area contributed by atoms with Gasteiger partial charge in [-0.2, -0.15) is 0 Å². The van der Waals surface area contributed by atoms with Crippen LogP contribution in [0, 0.1) is 0 Å². The highest BCUT2D eigenvalue weighted by molar-refractivity contribution is 6.37. The van der Waals surface area contributed by atoms with Crippen molar-refractivity contribution in [3.63, 3.8) is 0 Å². The number of methoxy groups -OCH3 is 1. The summed E-state index contributed by atoms with van der Waals surface area (Å²) in [6.45, 7) is -0.350. The average molecular weight is 421 g/mol. The molecule has 1 fully saturated rings. The van der Waals surface area contributed by atoms with E-state index in [9.17, 15) is 14.4 Å². The molecule has 1 saturated heterocycles. The number of anilines is 1. The number of imide groups is 1. The Morgan fingerprint density at radius 3 is 2.39 bits per heavy atom. The number of amides is 3. The number of ether oxygens (including phenoxy) is 2. The monoisotopic (exact) mass is 420 g/mol. The van der Waals surface area contributed by atoms with Gasteiger partial charge in [-0.1, -0.05) is 41.4 Å². The predicted octanol–water partition coefficient (Wildman–Crippen LogP) is 3.64. The lowest BCUT2D eigenvalue weighted by atomic mass is 10.1. The summed E-state index contributed by atoms with van der Waals surface area (Å²) in [5, 5.41) is 2.80. The molecule has 1 aliphatic heterocycles. The lowest BCUT2D eigenvalue weighted by molar-refractivity contribution is -0.142. The fraction of sp³-hybridized carbons (Fsp3) is 0.105. The topological polar surface area (TPSA) is 84.9 Å². The number of benzene rings is 2. The molecule has 9 heteroatoms. The number of hydrogen-bond acceptors (Lipinski definition) is 5. The van der Waals surface area contributed by atoms with Crippen molar-refractivity contribution in [3.8, 4) is 5.75 Å². The summed E-state index contributed by atoms with van der Waals surface area (Å²) in [6, 6.07) is 11.0. The zero-order chi connectivity index (χ0) is 20.3. The van der Waals surface area contributed by atoms with Crippen LogP contribution in [-0.2, 0) is 14.3 Å². The molecule has 0 spiro atoms. The SMILES string of the molecule is COC(=O)COc1c(Cl)cc(/C=C2/NC(=O)N(c3ccccc3)C2=O)cc1Cl. The normalized spacial score (nSPS) is 15.0. The van der Waals surface area contributed by atoms with Gasteiger partial charge >= 0.3 is 12.0 Å². The van der Waals surface area contributed by atoms with Crippen LogP contribution in [0.3, 0.4) is 0 Å². The molecule has 0 bridgehead atoms. The van der Waals surface area contributed by atoms with E-state index < -0.39 is 17.9 Å². The number of hydrogen-bond donors (Lipinski definition) is 1. The van der Waals surface area contributed by atoms with Gasteiger partial charge in [0.15, 0.2) is 12.4 Å². The van der Waals surface area contributed by atoms with E-state index in [4.69, 9.17) is 27.9 Å². The fourth-order valence-corrected chi connectivity index (χ4v) is 3.12. The van der Waals surface area contributed by atoms with E-state index in [0.29, 0.717) is 11.3 Å². The molecular weight excluding hydrogens is 407 g/mol. The maximum atomic E-state index is 12.6. The van der Waals surface area contributed by atoms with Crippen LogP contribution in [0.4, 0.5) is 10.5 Å². The highest BCUT2D eigenvalue weighted by Crippen LogP contribution is 2.35. The van der Waals surface area contributed by atoms with Crippen LogP contribution in [0.2, 0.25) is 10.0 Å². The Hall–Kier alpha value is -3.03. The number of nitrogens with one attached hydrogen (secondary N) is 1. The molecule has 3 amide bonds. The Bertz CT molecular complexity index is 953. The molecule has 2 aromatic rings. The lowest BCUT2D eigenvalue weighted by Gasteiger charge is -2.11. The van der Waals surface area contributed by atoms with Crippen molar-refractivity contribution >= 4 is 52.9 Å². The number of esters is 1. The summed E-state index contributed by atoms with van der Waals surface area (Å²) in [4.78, 5) is 37.0. The highest BCUT2D eigenvalue weighted by Gasteiger charge is 2.34. The van der Waals surface area contributed by atoms with Crippen molar-refractivity contribution in [2.75, 3.05) is 18.6 Å². The summed E-state index contributed by atoms with van der Waals surface area (Å²) < 4.78 is 9.74. The van der Waals surface area contributed by atoms with Crippen molar-refractivity contribution in [3.05, 3.63) is 63.8 Å². The van der Waals surface area contributed by atoms with Gasteiger partial charge < -0.3 is 14.8 Å². The quantitative estimate of drug-likeness (QED) is 0.453. The van der Waals surface area contributed by atoms with E-state index in [1.807, 2.05) is 0 Å². The van der Waals surface area contributed by atoms with Crippen LogP contribution in [0.15, 0.2) is 48.2 Å². The van der Waals surface area contributed by atoms with Crippen molar-refractivity contribution in [1.82, 2.24) is 5.32 Å². The van der Waals surface area contributed by atoms with Gasteiger partial charge in [-0.15, -0.1) is 0 Å². The molecule has 1 aliphatic rings. The first-order chi connectivity index (χ1) is 13.4. The maximum Gasteiger partial charge on any atom is 0.343 e. The van der Waals surface area contributed by atoms with E-state index in [1.165, 1.54) is 25.3 Å². The molecule has 0 aromatic heterocycles. The Morgan fingerprint density at radius 2 is 1.79 bits per heavy atom. The first-order valence-electron chi connectivity index (χ1n) is 8.01. The summed E-state index contributed by atoms with van der Waals surface area (Å²) in [6.07, 6.45) is 1.45. The minimum absolute atomic E-state index is 0.0733. The third-order valence-corrected chi connectivity index (χ3v) is 4.35. The molecule has 28 heavy (non-hydrogen) atoms. The first kappa shape index (κ1) is 19.7. The molecule has 0 atom stereocenters. The summed E-state index contributed by atoms with van der Waals surface area (Å²) in [7, 11) is 1.23. The van der Waals surface area contributed by atoms with Gasteiger partial charge in [0, 0.05) is 0 Å². The van der Waals surface area contributed by atoms with Crippen molar-refractivity contribution < 1.29 is 23.9 Å². The summed E-state index contributed by atoms with van der Waals surface area (Å²) >= 11 is 12.3. The molecule has 0 aliphatic carbocycles.